The van der Waals surface area contributed by atoms with E-state index in [2.05, 4.69) is 5.32 Å². The molecule has 0 saturated heterocycles. The molecule has 3 aromatic rings. The van der Waals surface area contributed by atoms with Crippen LogP contribution in [0.5, 0.6) is 0 Å². The molecule has 3 amide bonds. The van der Waals surface area contributed by atoms with Crippen LogP contribution in [0.3, 0.4) is 0 Å². The lowest BCUT2D eigenvalue weighted by Gasteiger charge is -2.32. The van der Waals surface area contributed by atoms with E-state index >= 15 is 0 Å². The molecule has 1 unspecified atom stereocenters. The lowest BCUT2D eigenvalue weighted by molar-refractivity contribution is -0.138. The quantitative estimate of drug-likeness (QED) is 0.437. The molecular weight excluding hydrogens is 480 g/mol. The number of para-hydroxylation sites is 1. The van der Waals surface area contributed by atoms with E-state index in [-0.39, 0.29) is 24.6 Å². The van der Waals surface area contributed by atoms with Crippen LogP contribution < -0.4 is 15.1 Å². The number of aryl methyl sites for hydroxylation is 1. The maximum Gasteiger partial charge on any atom is 0.299 e. The molecule has 1 atom stereocenters. The molecule has 1 aliphatic rings. The van der Waals surface area contributed by atoms with Crippen LogP contribution in [-0.4, -0.2) is 55.1 Å². The first-order valence-electron chi connectivity index (χ1n) is 12.6. The minimum absolute atomic E-state index is 0.183. The summed E-state index contributed by atoms with van der Waals surface area (Å²) in [6.07, 6.45) is 0.364. The molecule has 0 spiro atoms. The summed E-state index contributed by atoms with van der Waals surface area (Å²) in [5.41, 5.74) is 4.24. The van der Waals surface area contributed by atoms with Crippen molar-refractivity contribution in [3.63, 3.8) is 0 Å². The zero-order valence-electron chi connectivity index (χ0n) is 22.1. The maximum absolute atomic E-state index is 13.7. The molecule has 0 aliphatic carbocycles. The number of nitrogens with one attached hydrogen (secondary N) is 1. The standard InChI is InChI=1S/C30H32N4O4/c1-5-25(29(37)31-22-14-16-23(17-15-22)32(3)4)33(18-21-12-10-20(2)11-13-21)27(35)19-34-26-9-7-6-8-24(26)28(36)30(34)38/h6-17,25H,5,18-19H2,1-4H3,(H,31,37). The Labute approximate surface area is 222 Å². The van der Waals surface area contributed by atoms with Crippen molar-refractivity contribution < 1.29 is 19.2 Å². The van der Waals surface area contributed by atoms with Gasteiger partial charge in [0.1, 0.15) is 12.6 Å². The number of rotatable bonds is 9. The molecule has 8 nitrogen and oxygen atoms in total. The number of benzene rings is 3. The lowest BCUT2D eigenvalue weighted by atomic mass is 10.1. The van der Waals surface area contributed by atoms with Crippen LogP contribution in [0, 0.1) is 6.92 Å². The monoisotopic (exact) mass is 512 g/mol. The number of ketones is 1. The van der Waals surface area contributed by atoms with Crippen molar-refractivity contribution in [1.29, 1.82) is 0 Å². The average Bonchev–Trinajstić information content (AvgIpc) is 3.14. The van der Waals surface area contributed by atoms with Crippen molar-refractivity contribution in [3.05, 3.63) is 89.5 Å². The zero-order chi connectivity index (χ0) is 27.4. The van der Waals surface area contributed by atoms with Crippen LogP contribution in [0.4, 0.5) is 17.1 Å². The Morgan fingerprint density at radius 2 is 1.58 bits per heavy atom. The number of hydrogen-bond acceptors (Lipinski definition) is 5. The van der Waals surface area contributed by atoms with Gasteiger partial charge in [0.05, 0.1) is 11.3 Å². The lowest BCUT2D eigenvalue weighted by Crippen LogP contribution is -2.50. The highest BCUT2D eigenvalue weighted by molar-refractivity contribution is 6.52. The number of carbonyl (C=O) groups is 4. The summed E-state index contributed by atoms with van der Waals surface area (Å²) in [7, 11) is 3.87. The Bertz CT molecular complexity index is 1350. The summed E-state index contributed by atoms with van der Waals surface area (Å²) in [6, 6.07) is 21.0. The highest BCUT2D eigenvalue weighted by atomic mass is 16.2. The summed E-state index contributed by atoms with van der Waals surface area (Å²) in [4.78, 5) is 57.1. The number of anilines is 3. The summed E-state index contributed by atoms with van der Waals surface area (Å²) in [6.45, 7) is 3.66. The van der Waals surface area contributed by atoms with Gasteiger partial charge in [-0.25, -0.2) is 0 Å². The zero-order valence-corrected chi connectivity index (χ0v) is 22.1. The molecule has 4 rings (SSSR count). The van der Waals surface area contributed by atoms with Gasteiger partial charge in [0.25, 0.3) is 11.7 Å². The molecule has 0 radical (unpaired) electrons. The van der Waals surface area contributed by atoms with E-state index in [1.54, 1.807) is 24.3 Å². The van der Waals surface area contributed by atoms with Gasteiger partial charge in [-0.2, -0.15) is 0 Å². The SMILES string of the molecule is CCC(C(=O)Nc1ccc(N(C)C)cc1)N(Cc1ccc(C)cc1)C(=O)CN1C(=O)C(=O)c2ccccc21. The van der Waals surface area contributed by atoms with E-state index in [1.165, 1.54) is 9.80 Å². The largest absolute Gasteiger partial charge is 0.378 e. The van der Waals surface area contributed by atoms with Crippen LogP contribution >= 0.6 is 0 Å². The molecule has 8 heteroatoms. The van der Waals surface area contributed by atoms with Gasteiger partial charge in [0, 0.05) is 32.0 Å². The van der Waals surface area contributed by atoms with Crippen molar-refractivity contribution in [3.8, 4) is 0 Å². The number of Topliss-reactive ketones (excluding diaryl/α,β-unsaturated/α-hetero) is 1. The van der Waals surface area contributed by atoms with Crippen molar-refractivity contribution >= 4 is 40.6 Å². The van der Waals surface area contributed by atoms with Crippen molar-refractivity contribution in [1.82, 2.24) is 4.90 Å². The molecule has 0 fully saturated rings. The topological polar surface area (TPSA) is 90.0 Å². The number of carbonyl (C=O) groups excluding carboxylic acids is 4. The van der Waals surface area contributed by atoms with Gasteiger partial charge in [-0.15, -0.1) is 0 Å². The van der Waals surface area contributed by atoms with Gasteiger partial charge in [0.2, 0.25) is 11.8 Å². The summed E-state index contributed by atoms with van der Waals surface area (Å²) >= 11 is 0. The predicted molar refractivity (Wildman–Crippen MR) is 148 cm³/mol. The summed E-state index contributed by atoms with van der Waals surface area (Å²) in [5, 5.41) is 2.93. The smallest absolute Gasteiger partial charge is 0.299 e. The van der Waals surface area contributed by atoms with E-state index in [0.717, 1.165) is 16.8 Å². The number of amides is 3. The van der Waals surface area contributed by atoms with Gasteiger partial charge in [-0.05, 0) is 55.3 Å². The molecular formula is C30H32N4O4. The molecule has 38 heavy (non-hydrogen) atoms. The third-order valence-corrected chi connectivity index (χ3v) is 6.68. The Hall–Kier alpha value is -4.46. The van der Waals surface area contributed by atoms with Crippen molar-refractivity contribution in [2.75, 3.05) is 35.8 Å². The molecule has 0 saturated carbocycles. The molecule has 1 heterocycles. The minimum Gasteiger partial charge on any atom is -0.378 e. The summed E-state index contributed by atoms with van der Waals surface area (Å²) < 4.78 is 0. The third kappa shape index (κ3) is 5.59. The number of nitrogens with zero attached hydrogens (tertiary/aromatic N) is 3. The van der Waals surface area contributed by atoms with Crippen LogP contribution in [-0.2, 0) is 20.9 Å². The maximum atomic E-state index is 13.7. The fraction of sp³-hybridized carbons (Fsp3) is 0.267. The van der Waals surface area contributed by atoms with Gasteiger partial charge >= 0.3 is 0 Å². The van der Waals surface area contributed by atoms with E-state index in [4.69, 9.17) is 0 Å². The normalized spacial score (nSPS) is 13.2. The van der Waals surface area contributed by atoms with Crippen LogP contribution in [0.15, 0.2) is 72.8 Å². The number of fused-ring (bicyclic) bond motifs is 1. The van der Waals surface area contributed by atoms with E-state index in [1.807, 2.05) is 81.4 Å². The highest BCUT2D eigenvalue weighted by Gasteiger charge is 2.38. The first-order chi connectivity index (χ1) is 18.2. The van der Waals surface area contributed by atoms with Gasteiger partial charge in [-0.3, -0.25) is 24.1 Å². The second-order valence-electron chi connectivity index (χ2n) is 9.60. The Morgan fingerprint density at radius 3 is 2.21 bits per heavy atom. The van der Waals surface area contributed by atoms with Gasteiger partial charge in [-0.1, -0.05) is 48.9 Å². The second kappa shape index (κ2) is 11.3. The molecule has 196 valence electrons. The second-order valence-corrected chi connectivity index (χ2v) is 9.60. The van der Waals surface area contributed by atoms with Crippen molar-refractivity contribution in [2.24, 2.45) is 0 Å². The minimum atomic E-state index is -0.791. The Morgan fingerprint density at radius 1 is 0.921 bits per heavy atom. The van der Waals surface area contributed by atoms with Crippen LogP contribution in [0.2, 0.25) is 0 Å². The van der Waals surface area contributed by atoms with E-state index < -0.39 is 23.6 Å². The van der Waals surface area contributed by atoms with Crippen LogP contribution in [0.1, 0.15) is 34.8 Å². The molecule has 0 aromatic heterocycles. The summed E-state index contributed by atoms with van der Waals surface area (Å²) in [5.74, 6) is -2.12. The predicted octanol–water partition coefficient (Wildman–Crippen LogP) is 4.04. The van der Waals surface area contributed by atoms with E-state index in [0.29, 0.717) is 17.8 Å². The molecule has 3 aromatic carbocycles. The van der Waals surface area contributed by atoms with Gasteiger partial charge < -0.3 is 15.1 Å². The third-order valence-electron chi connectivity index (χ3n) is 6.68. The average molecular weight is 513 g/mol. The fourth-order valence-corrected chi connectivity index (χ4v) is 4.51. The Kier molecular flexibility index (Phi) is 7.90. The first-order valence-corrected chi connectivity index (χ1v) is 12.6. The Balaban J connectivity index is 1.60. The first kappa shape index (κ1) is 26.6. The molecule has 0 bridgehead atoms. The van der Waals surface area contributed by atoms with Gasteiger partial charge in [0.15, 0.2) is 0 Å². The highest BCUT2D eigenvalue weighted by Crippen LogP contribution is 2.29. The van der Waals surface area contributed by atoms with Crippen molar-refractivity contribution in [2.45, 2.75) is 32.9 Å². The molecule has 1 aliphatic heterocycles. The number of hydrogen-bond donors (Lipinski definition) is 1. The van der Waals surface area contributed by atoms with Crippen LogP contribution in [0.25, 0.3) is 0 Å². The molecule has 1 N–H and O–H groups in total. The van der Waals surface area contributed by atoms with E-state index in [9.17, 15) is 19.2 Å². The fourth-order valence-electron chi connectivity index (χ4n) is 4.51.